The Kier molecular flexibility index (Phi) is 4.18. The molecule has 3 rings (SSSR count). The Balaban J connectivity index is 1.68. The van der Waals surface area contributed by atoms with E-state index in [4.69, 9.17) is 4.74 Å². The molecule has 1 N–H and O–H groups in total. The van der Waals surface area contributed by atoms with Crippen LogP contribution in [0.2, 0.25) is 0 Å². The largest absolute Gasteiger partial charge is 0.492 e. The van der Waals surface area contributed by atoms with Crippen LogP contribution in [-0.2, 0) is 22.2 Å². The molecule has 0 spiro atoms. The van der Waals surface area contributed by atoms with E-state index >= 15 is 0 Å². The molecule has 0 saturated carbocycles. The molecule has 1 aliphatic rings. The number of ether oxygens (including phenoxy) is 1. The molecule has 1 unspecified atom stereocenters. The number of hydrogen-bond donors (Lipinski definition) is 1. The van der Waals surface area contributed by atoms with Gasteiger partial charge in [-0.25, -0.2) is 13.1 Å². The summed E-state index contributed by atoms with van der Waals surface area (Å²) in [6.45, 7) is 2.32. The zero-order valence-corrected chi connectivity index (χ0v) is 13.3. The average molecular weight is 317 g/mol. The predicted molar refractivity (Wildman–Crippen MR) is 86.4 cm³/mol. The first kappa shape index (κ1) is 15.1. The van der Waals surface area contributed by atoms with E-state index in [9.17, 15) is 8.42 Å². The maximum Gasteiger partial charge on any atom is 0.216 e. The van der Waals surface area contributed by atoms with Crippen LogP contribution in [0.15, 0.2) is 48.5 Å². The minimum atomic E-state index is -3.38. The second kappa shape index (κ2) is 6.10. The second-order valence-corrected chi connectivity index (χ2v) is 7.44. The Hall–Kier alpha value is -1.85. The summed E-state index contributed by atoms with van der Waals surface area (Å²) in [4.78, 5) is 0. The van der Waals surface area contributed by atoms with Crippen molar-refractivity contribution in [2.24, 2.45) is 0 Å². The Labute approximate surface area is 131 Å². The van der Waals surface area contributed by atoms with E-state index in [0.29, 0.717) is 13.0 Å². The average Bonchev–Trinajstić information content (AvgIpc) is 2.46. The van der Waals surface area contributed by atoms with Crippen molar-refractivity contribution in [1.82, 2.24) is 4.72 Å². The molecule has 1 heterocycles. The molecule has 0 amide bonds. The van der Waals surface area contributed by atoms with Crippen LogP contribution in [0.3, 0.4) is 0 Å². The van der Waals surface area contributed by atoms with E-state index in [1.165, 1.54) is 0 Å². The Morgan fingerprint density at radius 3 is 2.82 bits per heavy atom. The van der Waals surface area contributed by atoms with Gasteiger partial charge in [0.25, 0.3) is 0 Å². The SMILES string of the molecule is Cc1cccc(CS(=O)(=O)NC2COc3ccccc3C2)c1. The molecule has 0 bridgehead atoms. The van der Waals surface area contributed by atoms with Crippen LogP contribution in [0.5, 0.6) is 5.75 Å². The highest BCUT2D eigenvalue weighted by Gasteiger charge is 2.24. The van der Waals surface area contributed by atoms with Crippen molar-refractivity contribution in [2.45, 2.75) is 25.1 Å². The van der Waals surface area contributed by atoms with Gasteiger partial charge in [-0.05, 0) is 30.5 Å². The van der Waals surface area contributed by atoms with Crippen molar-refractivity contribution >= 4 is 10.0 Å². The molecule has 1 aliphatic heterocycles. The number of benzene rings is 2. The maximum atomic E-state index is 12.3. The number of aryl methyl sites for hydroxylation is 1. The molecule has 1 atom stereocenters. The van der Waals surface area contributed by atoms with Gasteiger partial charge in [0, 0.05) is 0 Å². The van der Waals surface area contributed by atoms with Gasteiger partial charge in [-0.1, -0.05) is 48.0 Å². The smallest absolute Gasteiger partial charge is 0.216 e. The molecule has 22 heavy (non-hydrogen) atoms. The van der Waals surface area contributed by atoms with Gasteiger partial charge in [-0.15, -0.1) is 0 Å². The molecule has 2 aromatic carbocycles. The highest BCUT2D eigenvalue weighted by Crippen LogP contribution is 2.24. The third-order valence-corrected chi connectivity index (χ3v) is 5.07. The molecule has 116 valence electrons. The van der Waals surface area contributed by atoms with E-state index in [1.807, 2.05) is 55.5 Å². The van der Waals surface area contributed by atoms with Crippen molar-refractivity contribution in [3.05, 3.63) is 65.2 Å². The summed E-state index contributed by atoms with van der Waals surface area (Å²) in [5.41, 5.74) is 2.89. The van der Waals surface area contributed by atoms with Crippen LogP contribution in [0.1, 0.15) is 16.7 Å². The summed E-state index contributed by atoms with van der Waals surface area (Å²) >= 11 is 0. The topological polar surface area (TPSA) is 55.4 Å². The number of sulfonamides is 1. The molecule has 0 aliphatic carbocycles. The monoisotopic (exact) mass is 317 g/mol. The van der Waals surface area contributed by atoms with Crippen LogP contribution < -0.4 is 9.46 Å². The number of rotatable bonds is 4. The Morgan fingerprint density at radius 1 is 1.18 bits per heavy atom. The van der Waals surface area contributed by atoms with Crippen LogP contribution in [0.25, 0.3) is 0 Å². The van der Waals surface area contributed by atoms with Gasteiger partial charge in [-0.3, -0.25) is 0 Å². The Morgan fingerprint density at radius 2 is 2.00 bits per heavy atom. The molecule has 4 nitrogen and oxygen atoms in total. The van der Waals surface area contributed by atoms with Crippen LogP contribution >= 0.6 is 0 Å². The molecule has 0 radical (unpaired) electrons. The lowest BCUT2D eigenvalue weighted by molar-refractivity contribution is 0.254. The normalized spacial score (nSPS) is 17.6. The number of para-hydroxylation sites is 1. The first-order valence-electron chi connectivity index (χ1n) is 7.28. The van der Waals surface area contributed by atoms with Gasteiger partial charge < -0.3 is 4.74 Å². The van der Waals surface area contributed by atoms with Crippen molar-refractivity contribution in [1.29, 1.82) is 0 Å². The molecule has 0 aromatic heterocycles. The highest BCUT2D eigenvalue weighted by atomic mass is 32.2. The third kappa shape index (κ3) is 3.67. The molecule has 5 heteroatoms. The van der Waals surface area contributed by atoms with Gasteiger partial charge in [0.15, 0.2) is 0 Å². The van der Waals surface area contributed by atoms with Gasteiger partial charge in [0.05, 0.1) is 11.8 Å². The molecular formula is C17H19NO3S. The summed E-state index contributed by atoms with van der Waals surface area (Å²) in [7, 11) is -3.38. The van der Waals surface area contributed by atoms with Crippen molar-refractivity contribution < 1.29 is 13.2 Å². The van der Waals surface area contributed by atoms with Gasteiger partial charge in [0.2, 0.25) is 10.0 Å². The van der Waals surface area contributed by atoms with Gasteiger partial charge in [0.1, 0.15) is 12.4 Å². The van der Waals surface area contributed by atoms with Gasteiger partial charge >= 0.3 is 0 Å². The van der Waals surface area contributed by atoms with Crippen LogP contribution in [-0.4, -0.2) is 21.1 Å². The van der Waals surface area contributed by atoms with Crippen molar-refractivity contribution in [3.63, 3.8) is 0 Å². The first-order chi connectivity index (χ1) is 10.5. The van der Waals surface area contributed by atoms with E-state index in [1.54, 1.807) is 0 Å². The van der Waals surface area contributed by atoms with E-state index < -0.39 is 10.0 Å². The summed E-state index contributed by atoms with van der Waals surface area (Å²) < 4.78 is 33.0. The number of nitrogens with one attached hydrogen (secondary N) is 1. The molecule has 0 saturated heterocycles. The fourth-order valence-electron chi connectivity index (χ4n) is 2.72. The lowest BCUT2D eigenvalue weighted by atomic mass is 10.0. The van der Waals surface area contributed by atoms with Crippen molar-refractivity contribution in [3.8, 4) is 5.75 Å². The van der Waals surface area contributed by atoms with Gasteiger partial charge in [-0.2, -0.15) is 0 Å². The summed E-state index contributed by atoms with van der Waals surface area (Å²) in [6, 6.07) is 15.1. The molecule has 2 aromatic rings. The third-order valence-electron chi connectivity index (χ3n) is 3.66. The number of hydrogen-bond acceptors (Lipinski definition) is 3. The quantitative estimate of drug-likeness (QED) is 0.942. The van der Waals surface area contributed by atoms with E-state index in [-0.39, 0.29) is 11.8 Å². The minimum Gasteiger partial charge on any atom is -0.492 e. The fourth-order valence-corrected chi connectivity index (χ4v) is 4.08. The lowest BCUT2D eigenvalue weighted by Crippen LogP contribution is -2.43. The Bertz CT molecular complexity index is 771. The fraction of sp³-hybridized carbons (Fsp3) is 0.294. The lowest BCUT2D eigenvalue weighted by Gasteiger charge is -2.25. The summed E-state index contributed by atoms with van der Waals surface area (Å²) in [5, 5.41) is 0. The second-order valence-electron chi connectivity index (χ2n) is 5.69. The zero-order valence-electron chi connectivity index (χ0n) is 12.5. The number of fused-ring (bicyclic) bond motifs is 1. The van der Waals surface area contributed by atoms with E-state index in [0.717, 1.165) is 22.4 Å². The highest BCUT2D eigenvalue weighted by molar-refractivity contribution is 7.88. The van der Waals surface area contributed by atoms with Crippen LogP contribution in [0, 0.1) is 6.92 Å². The summed E-state index contributed by atoms with van der Waals surface area (Å²) in [5.74, 6) is 0.837. The minimum absolute atomic E-state index is 0.00712. The summed E-state index contributed by atoms with van der Waals surface area (Å²) in [6.07, 6.45) is 0.656. The van der Waals surface area contributed by atoms with E-state index in [2.05, 4.69) is 4.72 Å². The molecular weight excluding hydrogens is 298 g/mol. The first-order valence-corrected chi connectivity index (χ1v) is 8.93. The molecule has 0 fully saturated rings. The van der Waals surface area contributed by atoms with Crippen molar-refractivity contribution in [2.75, 3.05) is 6.61 Å². The van der Waals surface area contributed by atoms with Crippen LogP contribution in [0.4, 0.5) is 0 Å². The zero-order chi connectivity index (χ0) is 15.6. The standard InChI is InChI=1S/C17H19NO3S/c1-13-5-4-6-14(9-13)12-22(19,20)18-16-10-15-7-2-3-8-17(15)21-11-16/h2-9,16,18H,10-12H2,1H3. The predicted octanol–water partition coefficient (Wildman–Crippen LogP) is 2.42. The maximum absolute atomic E-state index is 12.3.